The summed E-state index contributed by atoms with van der Waals surface area (Å²) >= 11 is 5.07. The normalized spacial score (nSPS) is 10.8. The number of alkyl halides is 3. The fourth-order valence-corrected chi connectivity index (χ4v) is 1.43. The topological polar surface area (TPSA) is 50.1 Å². The maximum Gasteiger partial charge on any atom is 0.418 e. The van der Waals surface area contributed by atoms with Crippen molar-refractivity contribution >= 4 is 16.8 Å². The predicted molar refractivity (Wildman–Crippen MR) is 52.9 cm³/mol. The zero-order valence-electron chi connectivity index (χ0n) is 8.43. The van der Waals surface area contributed by atoms with Gasteiger partial charge in [0.15, 0.2) is 0 Å². The maximum atomic E-state index is 12.7. The Morgan fingerprint density at radius 2 is 2.06 bits per heavy atom. The van der Waals surface area contributed by atoms with Crippen molar-refractivity contribution in [3.63, 3.8) is 0 Å². The van der Waals surface area contributed by atoms with E-state index in [4.69, 9.17) is 16.9 Å². The Balaban J connectivity index is 3.66. The number of hydrogen-bond acceptors (Lipinski definition) is 3. The quantitative estimate of drug-likeness (QED) is 0.771. The molecule has 90 valence electrons. The summed E-state index contributed by atoms with van der Waals surface area (Å²) in [5.41, 5.74) is -2.85. The molecule has 0 bridgehead atoms. The van der Waals surface area contributed by atoms with E-state index in [1.807, 2.05) is 0 Å². The number of carbonyl (C=O) groups excluding carboxylic acids is 1. The highest BCUT2D eigenvalue weighted by Gasteiger charge is 2.38. The van der Waals surface area contributed by atoms with Crippen LogP contribution in [0.4, 0.5) is 13.2 Å². The third-order valence-electron chi connectivity index (χ3n) is 1.96. The van der Waals surface area contributed by atoms with Gasteiger partial charge in [-0.3, -0.25) is 4.79 Å². The van der Waals surface area contributed by atoms with Gasteiger partial charge >= 0.3 is 6.18 Å². The van der Waals surface area contributed by atoms with Crippen LogP contribution in [0.1, 0.15) is 21.5 Å². The Morgan fingerprint density at radius 1 is 1.47 bits per heavy atom. The molecular formula is C10H5ClF3NO2. The Kier molecular flexibility index (Phi) is 3.63. The summed E-state index contributed by atoms with van der Waals surface area (Å²) in [4.78, 5) is 10.9. The first-order valence-electron chi connectivity index (χ1n) is 4.20. The molecule has 17 heavy (non-hydrogen) atoms. The van der Waals surface area contributed by atoms with Gasteiger partial charge in [-0.05, 0) is 23.7 Å². The highest BCUT2D eigenvalue weighted by molar-refractivity contribution is 6.68. The standard InChI is InChI=1S/C10H5ClF3NO2/c1-17-6-2-5(4-15)8(10(12,13)14)7(3-6)9(11)16/h2-3H,1H3. The van der Waals surface area contributed by atoms with Crippen molar-refractivity contribution in [1.29, 1.82) is 5.26 Å². The average molecular weight is 264 g/mol. The van der Waals surface area contributed by atoms with Crippen LogP contribution in [0.5, 0.6) is 5.75 Å². The molecular weight excluding hydrogens is 259 g/mol. The Hall–Kier alpha value is -1.74. The lowest BCUT2D eigenvalue weighted by atomic mass is 10.0. The third-order valence-corrected chi connectivity index (χ3v) is 2.17. The van der Waals surface area contributed by atoms with Gasteiger partial charge in [0.1, 0.15) is 5.75 Å². The van der Waals surface area contributed by atoms with Gasteiger partial charge in [-0.15, -0.1) is 0 Å². The smallest absolute Gasteiger partial charge is 0.418 e. The Labute approximate surface area is 99.4 Å². The van der Waals surface area contributed by atoms with E-state index in [-0.39, 0.29) is 5.75 Å². The van der Waals surface area contributed by atoms with Gasteiger partial charge in [-0.1, -0.05) is 0 Å². The molecule has 0 N–H and O–H groups in total. The van der Waals surface area contributed by atoms with Crippen molar-refractivity contribution in [2.45, 2.75) is 6.18 Å². The Bertz CT molecular complexity index is 505. The van der Waals surface area contributed by atoms with Gasteiger partial charge < -0.3 is 4.74 Å². The van der Waals surface area contributed by atoms with Gasteiger partial charge in [-0.2, -0.15) is 18.4 Å². The van der Waals surface area contributed by atoms with Crippen LogP contribution < -0.4 is 4.74 Å². The number of nitriles is 1. The van der Waals surface area contributed by atoms with Crippen LogP contribution in [0.2, 0.25) is 0 Å². The minimum atomic E-state index is -4.84. The van der Waals surface area contributed by atoms with Crippen LogP contribution in [0, 0.1) is 11.3 Å². The molecule has 0 spiro atoms. The fourth-order valence-electron chi connectivity index (χ4n) is 1.28. The summed E-state index contributed by atoms with van der Waals surface area (Å²) in [6.45, 7) is 0. The third kappa shape index (κ3) is 2.68. The molecule has 7 heteroatoms. The van der Waals surface area contributed by atoms with Crippen LogP contribution in [-0.2, 0) is 6.18 Å². The summed E-state index contributed by atoms with van der Waals surface area (Å²) in [5.74, 6) is -0.0430. The minimum absolute atomic E-state index is 0.0430. The predicted octanol–water partition coefficient (Wildman–Crippen LogP) is 2.96. The zero-order valence-corrected chi connectivity index (χ0v) is 9.19. The number of ether oxygens (including phenoxy) is 1. The molecule has 0 aliphatic carbocycles. The summed E-state index contributed by atoms with van der Waals surface area (Å²) in [6.07, 6.45) is -4.84. The molecule has 0 radical (unpaired) electrons. The highest BCUT2D eigenvalue weighted by atomic mass is 35.5. The molecule has 0 saturated heterocycles. The molecule has 0 saturated carbocycles. The first kappa shape index (κ1) is 13.3. The first-order chi connectivity index (χ1) is 7.81. The summed E-state index contributed by atoms with van der Waals surface area (Å²) < 4.78 is 42.8. The van der Waals surface area contributed by atoms with Crippen LogP contribution in [-0.4, -0.2) is 12.4 Å². The van der Waals surface area contributed by atoms with E-state index in [1.54, 1.807) is 0 Å². The SMILES string of the molecule is COc1cc(C#N)c(C(F)(F)F)c(C(=O)Cl)c1. The Morgan fingerprint density at radius 3 is 2.41 bits per heavy atom. The van der Waals surface area contributed by atoms with Crippen molar-refractivity contribution in [1.82, 2.24) is 0 Å². The summed E-state index contributed by atoms with van der Waals surface area (Å²) in [6, 6.07) is 3.10. The van der Waals surface area contributed by atoms with Crippen LogP contribution in [0.25, 0.3) is 0 Å². The summed E-state index contributed by atoms with van der Waals surface area (Å²) in [5, 5.41) is 7.35. The van der Waals surface area contributed by atoms with Crippen molar-refractivity contribution in [3.05, 3.63) is 28.8 Å². The number of methoxy groups -OCH3 is 1. The van der Waals surface area contributed by atoms with Crippen molar-refractivity contribution in [2.75, 3.05) is 7.11 Å². The molecule has 0 amide bonds. The molecule has 0 aliphatic heterocycles. The molecule has 0 atom stereocenters. The van der Waals surface area contributed by atoms with E-state index in [2.05, 4.69) is 4.74 Å². The van der Waals surface area contributed by atoms with Crippen LogP contribution >= 0.6 is 11.6 Å². The van der Waals surface area contributed by atoms with Crippen molar-refractivity contribution in [2.24, 2.45) is 0 Å². The van der Waals surface area contributed by atoms with E-state index < -0.39 is 28.1 Å². The second-order valence-corrected chi connectivity index (χ2v) is 3.32. The molecule has 1 aromatic rings. The first-order valence-corrected chi connectivity index (χ1v) is 4.58. The lowest BCUT2D eigenvalue weighted by Gasteiger charge is -2.13. The lowest BCUT2D eigenvalue weighted by Crippen LogP contribution is -2.13. The average Bonchev–Trinajstić information content (AvgIpc) is 2.25. The van der Waals surface area contributed by atoms with Gasteiger partial charge in [0.05, 0.1) is 29.9 Å². The second-order valence-electron chi connectivity index (χ2n) is 2.98. The van der Waals surface area contributed by atoms with Crippen LogP contribution in [0.3, 0.4) is 0 Å². The summed E-state index contributed by atoms with van der Waals surface area (Å²) in [7, 11) is 1.20. The molecule has 0 aliphatic rings. The van der Waals surface area contributed by atoms with Crippen molar-refractivity contribution in [3.8, 4) is 11.8 Å². The molecule has 0 fully saturated rings. The number of rotatable bonds is 2. The molecule has 1 aromatic carbocycles. The fraction of sp³-hybridized carbons (Fsp3) is 0.200. The van der Waals surface area contributed by atoms with E-state index in [9.17, 15) is 18.0 Å². The number of nitrogens with zero attached hydrogens (tertiary/aromatic N) is 1. The largest absolute Gasteiger partial charge is 0.497 e. The lowest BCUT2D eigenvalue weighted by molar-refractivity contribution is -0.138. The maximum absolute atomic E-state index is 12.7. The minimum Gasteiger partial charge on any atom is -0.497 e. The van der Waals surface area contributed by atoms with Gasteiger partial charge in [0.25, 0.3) is 5.24 Å². The van der Waals surface area contributed by atoms with Crippen molar-refractivity contribution < 1.29 is 22.7 Å². The number of carbonyl (C=O) groups is 1. The van der Waals surface area contributed by atoms with Crippen LogP contribution in [0.15, 0.2) is 12.1 Å². The highest BCUT2D eigenvalue weighted by Crippen LogP contribution is 2.37. The van der Waals surface area contributed by atoms with Gasteiger partial charge in [0.2, 0.25) is 0 Å². The molecule has 0 unspecified atom stereocenters. The van der Waals surface area contributed by atoms with Gasteiger partial charge in [-0.25, -0.2) is 0 Å². The van der Waals surface area contributed by atoms with E-state index in [0.717, 1.165) is 12.1 Å². The van der Waals surface area contributed by atoms with E-state index in [0.29, 0.717) is 0 Å². The molecule has 0 heterocycles. The van der Waals surface area contributed by atoms with Gasteiger partial charge in [0, 0.05) is 0 Å². The second kappa shape index (κ2) is 4.63. The number of halogens is 4. The number of hydrogen-bond donors (Lipinski definition) is 0. The molecule has 0 aromatic heterocycles. The molecule has 1 rings (SSSR count). The van der Waals surface area contributed by atoms with E-state index >= 15 is 0 Å². The number of benzene rings is 1. The molecule has 3 nitrogen and oxygen atoms in total. The zero-order chi connectivity index (χ0) is 13.2. The monoisotopic (exact) mass is 263 g/mol. The van der Waals surface area contributed by atoms with E-state index in [1.165, 1.54) is 13.2 Å².